The predicted molar refractivity (Wildman–Crippen MR) is 52.4 cm³/mol. The van der Waals surface area contributed by atoms with Gasteiger partial charge in [0, 0.05) is 19.9 Å². The largest absolute Gasteiger partial charge is 0.710 e. The first-order chi connectivity index (χ1) is 7.09. The number of fused-ring (bicyclic) bond motifs is 1. The number of nitrogens with zero attached hydrogens (tertiary/aromatic N) is 3. The molecule has 6 nitrogen and oxygen atoms in total. The van der Waals surface area contributed by atoms with Crippen LogP contribution in [0.15, 0.2) is 6.20 Å². The summed E-state index contributed by atoms with van der Waals surface area (Å²) in [5, 5.41) is 11.6. The molecular formula is C9H12N4O2. The molecule has 1 aromatic heterocycles. The van der Waals surface area contributed by atoms with Crippen LogP contribution in [0.1, 0.15) is 18.3 Å². The Hall–Kier alpha value is -1.85. The summed E-state index contributed by atoms with van der Waals surface area (Å²) in [7, 11) is 0. The van der Waals surface area contributed by atoms with Gasteiger partial charge in [0.2, 0.25) is 5.91 Å². The molecule has 15 heavy (non-hydrogen) atoms. The van der Waals surface area contributed by atoms with E-state index in [0.29, 0.717) is 29.9 Å². The molecule has 80 valence electrons. The van der Waals surface area contributed by atoms with E-state index in [0.717, 1.165) is 5.69 Å². The summed E-state index contributed by atoms with van der Waals surface area (Å²) in [5.41, 5.74) is 6.67. The number of hydrogen-bond acceptors (Lipinski definition) is 4. The van der Waals surface area contributed by atoms with Gasteiger partial charge in [-0.15, -0.1) is 0 Å². The highest BCUT2D eigenvalue weighted by atomic mass is 16.5. The molecule has 1 aliphatic heterocycles. The van der Waals surface area contributed by atoms with Crippen molar-refractivity contribution in [2.45, 2.75) is 19.9 Å². The van der Waals surface area contributed by atoms with E-state index in [1.807, 2.05) is 0 Å². The number of anilines is 1. The lowest BCUT2D eigenvalue weighted by molar-refractivity contribution is -0.601. The maximum atomic E-state index is 11.6. The number of carbonyl (C=O) groups is 1. The molecule has 2 N–H and O–H groups in total. The fourth-order valence-corrected chi connectivity index (χ4v) is 1.68. The number of amides is 1. The van der Waals surface area contributed by atoms with E-state index in [1.54, 1.807) is 4.90 Å². The van der Waals surface area contributed by atoms with Crippen molar-refractivity contribution in [3.05, 3.63) is 22.8 Å². The summed E-state index contributed by atoms with van der Waals surface area (Å²) in [5.74, 6) is 0.0298. The van der Waals surface area contributed by atoms with E-state index >= 15 is 0 Å². The van der Waals surface area contributed by atoms with Crippen molar-refractivity contribution in [3.8, 4) is 0 Å². The zero-order chi connectivity index (χ0) is 11.0. The van der Waals surface area contributed by atoms with Crippen LogP contribution in [0.2, 0.25) is 0 Å². The third kappa shape index (κ3) is 1.58. The quantitative estimate of drug-likeness (QED) is 0.447. The van der Waals surface area contributed by atoms with Crippen LogP contribution in [0.25, 0.3) is 0 Å². The van der Waals surface area contributed by atoms with Crippen LogP contribution in [-0.2, 0) is 17.8 Å². The van der Waals surface area contributed by atoms with Gasteiger partial charge in [0.25, 0.3) is 5.82 Å². The summed E-state index contributed by atoms with van der Waals surface area (Å²) in [6, 6.07) is 0. The minimum atomic E-state index is -0.0388. The second-order valence-electron chi connectivity index (χ2n) is 3.56. The standard InChI is InChI=1S/C9H12N4O2/c1-6(14)12-3-2-7-8(5-12)13(15)9(10)4-11-7/h4H,2-3,5,10H2,1H3. The highest BCUT2D eigenvalue weighted by molar-refractivity contribution is 5.73. The summed E-state index contributed by atoms with van der Waals surface area (Å²) >= 11 is 0. The number of rotatable bonds is 0. The monoisotopic (exact) mass is 208 g/mol. The number of hydrogen-bond donors (Lipinski definition) is 1. The van der Waals surface area contributed by atoms with E-state index in [-0.39, 0.29) is 11.7 Å². The van der Waals surface area contributed by atoms with E-state index in [9.17, 15) is 10.0 Å². The lowest BCUT2D eigenvalue weighted by atomic mass is 10.1. The summed E-state index contributed by atoms with van der Waals surface area (Å²) in [4.78, 5) is 16.9. The zero-order valence-corrected chi connectivity index (χ0v) is 8.43. The van der Waals surface area contributed by atoms with Crippen LogP contribution in [-0.4, -0.2) is 22.3 Å². The van der Waals surface area contributed by atoms with Gasteiger partial charge in [0.1, 0.15) is 11.9 Å². The van der Waals surface area contributed by atoms with Crippen molar-refractivity contribution in [1.82, 2.24) is 9.88 Å². The molecule has 0 saturated carbocycles. The Morgan fingerprint density at radius 2 is 2.47 bits per heavy atom. The SMILES string of the molecule is CC(=O)N1CCc2ncc(N)[n+]([O-])c2C1. The highest BCUT2D eigenvalue weighted by Crippen LogP contribution is 2.14. The fourth-order valence-electron chi connectivity index (χ4n) is 1.68. The second kappa shape index (κ2) is 3.38. The maximum Gasteiger partial charge on any atom is 0.294 e. The topological polar surface area (TPSA) is 86.2 Å². The molecule has 0 bridgehead atoms. The normalized spacial score (nSPS) is 14.9. The fraction of sp³-hybridized carbons (Fsp3) is 0.444. The molecule has 0 fully saturated rings. The number of nitrogen functional groups attached to an aromatic ring is 1. The van der Waals surface area contributed by atoms with Gasteiger partial charge in [-0.3, -0.25) is 10.5 Å². The number of carbonyl (C=O) groups excluding carboxylic acids is 1. The Bertz CT molecular complexity index is 419. The van der Waals surface area contributed by atoms with Crippen LogP contribution in [0.3, 0.4) is 0 Å². The molecule has 1 aromatic rings. The molecule has 6 heteroatoms. The number of aromatic nitrogens is 2. The molecular weight excluding hydrogens is 196 g/mol. The average Bonchev–Trinajstić information content (AvgIpc) is 2.23. The van der Waals surface area contributed by atoms with Gasteiger partial charge in [0.15, 0.2) is 0 Å². The first-order valence-corrected chi connectivity index (χ1v) is 4.71. The van der Waals surface area contributed by atoms with E-state index in [4.69, 9.17) is 5.73 Å². The Balaban J connectivity index is 2.39. The third-order valence-corrected chi connectivity index (χ3v) is 2.57. The summed E-state index contributed by atoms with van der Waals surface area (Å²) in [6.07, 6.45) is 1.96. The lowest BCUT2D eigenvalue weighted by Gasteiger charge is -2.27. The van der Waals surface area contributed by atoms with E-state index in [1.165, 1.54) is 13.1 Å². The van der Waals surface area contributed by atoms with Crippen molar-refractivity contribution in [2.75, 3.05) is 12.3 Å². The Labute approximate surface area is 86.9 Å². The van der Waals surface area contributed by atoms with Crippen LogP contribution in [0, 0.1) is 5.21 Å². The molecule has 1 amide bonds. The Kier molecular flexibility index (Phi) is 2.18. The van der Waals surface area contributed by atoms with Gasteiger partial charge >= 0.3 is 0 Å². The summed E-state index contributed by atoms with van der Waals surface area (Å²) in [6.45, 7) is 2.39. The van der Waals surface area contributed by atoms with Crippen molar-refractivity contribution < 1.29 is 9.52 Å². The van der Waals surface area contributed by atoms with Crippen molar-refractivity contribution >= 4 is 11.7 Å². The zero-order valence-electron chi connectivity index (χ0n) is 8.43. The second-order valence-corrected chi connectivity index (χ2v) is 3.56. The molecule has 2 rings (SSSR count). The minimum absolute atomic E-state index is 0.0388. The van der Waals surface area contributed by atoms with Crippen LogP contribution in [0.4, 0.5) is 5.82 Å². The predicted octanol–water partition coefficient (Wildman–Crippen LogP) is -0.798. The van der Waals surface area contributed by atoms with Gasteiger partial charge in [-0.2, -0.15) is 0 Å². The Morgan fingerprint density at radius 3 is 3.13 bits per heavy atom. The van der Waals surface area contributed by atoms with Gasteiger partial charge in [-0.25, -0.2) is 9.71 Å². The molecule has 0 unspecified atom stereocenters. The molecule has 0 atom stereocenters. The lowest BCUT2D eigenvalue weighted by Crippen LogP contribution is -2.45. The molecule has 2 heterocycles. The molecule has 1 aliphatic rings. The van der Waals surface area contributed by atoms with E-state index < -0.39 is 0 Å². The highest BCUT2D eigenvalue weighted by Gasteiger charge is 2.23. The van der Waals surface area contributed by atoms with Gasteiger partial charge in [-0.1, -0.05) is 0 Å². The molecule has 0 aliphatic carbocycles. The van der Waals surface area contributed by atoms with Crippen LogP contribution >= 0.6 is 0 Å². The Morgan fingerprint density at radius 1 is 1.73 bits per heavy atom. The third-order valence-electron chi connectivity index (χ3n) is 2.57. The minimum Gasteiger partial charge on any atom is -0.710 e. The first-order valence-electron chi connectivity index (χ1n) is 4.71. The van der Waals surface area contributed by atoms with Crippen LogP contribution < -0.4 is 10.5 Å². The number of nitrogens with two attached hydrogens (primary N) is 1. The molecule has 0 spiro atoms. The smallest absolute Gasteiger partial charge is 0.294 e. The van der Waals surface area contributed by atoms with Gasteiger partial charge < -0.3 is 10.1 Å². The van der Waals surface area contributed by atoms with Crippen LogP contribution in [0.5, 0.6) is 0 Å². The van der Waals surface area contributed by atoms with Gasteiger partial charge in [0.05, 0.1) is 12.2 Å². The van der Waals surface area contributed by atoms with Gasteiger partial charge in [-0.05, 0) is 0 Å². The van der Waals surface area contributed by atoms with E-state index in [2.05, 4.69) is 4.98 Å². The van der Waals surface area contributed by atoms with Crippen molar-refractivity contribution in [3.63, 3.8) is 0 Å². The first kappa shape index (κ1) is 9.70. The maximum absolute atomic E-state index is 11.6. The van der Waals surface area contributed by atoms with Crippen molar-refractivity contribution in [1.29, 1.82) is 0 Å². The van der Waals surface area contributed by atoms with Crippen molar-refractivity contribution in [2.24, 2.45) is 0 Å². The molecule has 0 saturated heterocycles. The molecule has 0 aromatic carbocycles. The summed E-state index contributed by atoms with van der Waals surface area (Å²) < 4.78 is 0.650. The molecule has 0 radical (unpaired) electrons. The average molecular weight is 208 g/mol.